The predicted molar refractivity (Wildman–Crippen MR) is 142 cm³/mol. The van der Waals surface area contributed by atoms with Crippen molar-refractivity contribution in [2.75, 3.05) is 31.9 Å². The van der Waals surface area contributed by atoms with E-state index in [4.69, 9.17) is 10.5 Å². The Morgan fingerprint density at radius 3 is 2.50 bits per heavy atom. The van der Waals surface area contributed by atoms with Crippen LogP contribution in [0, 0.1) is 0 Å². The van der Waals surface area contributed by atoms with Crippen molar-refractivity contribution in [3.05, 3.63) is 67.1 Å². The number of likely N-dealkylation sites (tertiary alicyclic amines) is 1. The third kappa shape index (κ3) is 5.66. The Morgan fingerprint density at radius 1 is 0.972 bits per heavy atom. The zero-order chi connectivity index (χ0) is 24.7. The molecule has 3 heterocycles. The van der Waals surface area contributed by atoms with E-state index in [2.05, 4.69) is 20.2 Å². The summed E-state index contributed by atoms with van der Waals surface area (Å²) in [6.07, 6.45) is 8.21. The number of amides is 1. The van der Waals surface area contributed by atoms with Gasteiger partial charge in [0.2, 0.25) is 5.91 Å². The number of rotatable bonds is 9. The molecule has 1 fully saturated rings. The van der Waals surface area contributed by atoms with Gasteiger partial charge in [-0.1, -0.05) is 36.8 Å². The average molecular weight is 485 g/mol. The highest BCUT2D eigenvalue weighted by atomic mass is 16.5. The predicted octanol–water partition coefficient (Wildman–Crippen LogP) is 4.47. The van der Waals surface area contributed by atoms with Crippen LogP contribution in [-0.4, -0.2) is 51.5 Å². The standard InChI is InChI=1S/C28H32N6O2/c29-27-26-24(21-10-12-23(13-11-21)36-22-8-3-1-4-9-22)18-34(28(26)32-20-31-27)19-25(35)30-14-7-17-33-15-5-2-6-16-33/h1,3-4,8-13,18,20H,2,5-7,14-17,19H2,(H,30,35)(H2,29,31,32). The summed E-state index contributed by atoms with van der Waals surface area (Å²) >= 11 is 0. The number of nitrogens with zero attached hydrogens (tertiary/aromatic N) is 4. The Hall–Kier alpha value is -3.91. The van der Waals surface area contributed by atoms with Crippen molar-refractivity contribution in [3.8, 4) is 22.6 Å². The van der Waals surface area contributed by atoms with Gasteiger partial charge in [-0.2, -0.15) is 0 Å². The summed E-state index contributed by atoms with van der Waals surface area (Å²) in [5.41, 5.74) is 8.72. The van der Waals surface area contributed by atoms with Gasteiger partial charge in [-0.3, -0.25) is 4.79 Å². The molecule has 8 heteroatoms. The Kier molecular flexibility index (Phi) is 7.42. The Morgan fingerprint density at radius 2 is 1.72 bits per heavy atom. The molecule has 2 aromatic heterocycles. The number of nitrogens with one attached hydrogen (secondary N) is 1. The molecule has 0 saturated carbocycles. The maximum absolute atomic E-state index is 12.7. The normalized spacial score (nSPS) is 14.1. The first kappa shape index (κ1) is 23.8. The van der Waals surface area contributed by atoms with E-state index < -0.39 is 0 Å². The summed E-state index contributed by atoms with van der Waals surface area (Å²) in [4.78, 5) is 23.8. The highest BCUT2D eigenvalue weighted by molar-refractivity contribution is 6.01. The van der Waals surface area contributed by atoms with Crippen LogP contribution in [0.1, 0.15) is 25.7 Å². The summed E-state index contributed by atoms with van der Waals surface area (Å²) in [6, 6.07) is 17.4. The van der Waals surface area contributed by atoms with Crippen LogP contribution in [0.4, 0.5) is 5.82 Å². The second-order valence-corrected chi connectivity index (χ2v) is 9.17. The van der Waals surface area contributed by atoms with Gasteiger partial charge in [-0.05, 0) is 68.7 Å². The van der Waals surface area contributed by atoms with Crippen LogP contribution in [0.3, 0.4) is 0 Å². The number of fused-ring (bicyclic) bond motifs is 1. The highest BCUT2D eigenvalue weighted by Crippen LogP contribution is 2.34. The van der Waals surface area contributed by atoms with Crippen LogP contribution >= 0.6 is 0 Å². The molecule has 1 amide bonds. The molecule has 0 atom stereocenters. The largest absolute Gasteiger partial charge is 0.457 e. The van der Waals surface area contributed by atoms with Crippen molar-refractivity contribution >= 4 is 22.8 Å². The number of ether oxygens (including phenoxy) is 1. The number of benzene rings is 2. The summed E-state index contributed by atoms with van der Waals surface area (Å²) in [5.74, 6) is 1.87. The van der Waals surface area contributed by atoms with Crippen LogP contribution in [0.5, 0.6) is 11.5 Å². The fourth-order valence-corrected chi connectivity index (χ4v) is 4.74. The number of carbonyl (C=O) groups is 1. The first-order valence-corrected chi connectivity index (χ1v) is 12.6. The molecule has 2 aromatic carbocycles. The van der Waals surface area contributed by atoms with E-state index in [0.29, 0.717) is 18.0 Å². The third-order valence-corrected chi connectivity index (χ3v) is 6.56. The fraction of sp³-hybridized carbons (Fsp3) is 0.321. The number of nitrogens with two attached hydrogens (primary N) is 1. The first-order valence-electron chi connectivity index (χ1n) is 12.6. The molecule has 4 aromatic rings. The SMILES string of the molecule is Nc1ncnc2c1c(-c1ccc(Oc3ccccc3)cc1)cn2CC(=O)NCCCN1CCCCC1. The molecule has 0 unspecified atom stereocenters. The molecule has 1 aliphatic heterocycles. The number of carbonyl (C=O) groups excluding carboxylic acids is 1. The minimum Gasteiger partial charge on any atom is -0.457 e. The van der Waals surface area contributed by atoms with Crippen LogP contribution in [0.15, 0.2) is 67.1 Å². The quantitative estimate of drug-likeness (QED) is 0.340. The van der Waals surface area contributed by atoms with E-state index in [-0.39, 0.29) is 12.5 Å². The van der Waals surface area contributed by atoms with Gasteiger partial charge in [0.25, 0.3) is 0 Å². The highest BCUT2D eigenvalue weighted by Gasteiger charge is 2.17. The average Bonchev–Trinajstić information content (AvgIpc) is 3.28. The van der Waals surface area contributed by atoms with Crippen molar-refractivity contribution in [2.45, 2.75) is 32.2 Å². The van der Waals surface area contributed by atoms with Crippen LogP contribution in [-0.2, 0) is 11.3 Å². The molecule has 186 valence electrons. The van der Waals surface area contributed by atoms with Gasteiger partial charge in [-0.25, -0.2) is 9.97 Å². The lowest BCUT2D eigenvalue weighted by Crippen LogP contribution is -2.34. The molecule has 5 rings (SSSR count). The number of nitrogen functional groups attached to an aromatic ring is 1. The summed E-state index contributed by atoms with van der Waals surface area (Å²) < 4.78 is 7.76. The number of para-hydroxylation sites is 1. The lowest BCUT2D eigenvalue weighted by Gasteiger charge is -2.26. The lowest BCUT2D eigenvalue weighted by molar-refractivity contribution is -0.121. The summed E-state index contributed by atoms with van der Waals surface area (Å²) in [6.45, 7) is 4.22. The fourth-order valence-electron chi connectivity index (χ4n) is 4.74. The van der Waals surface area contributed by atoms with Crippen molar-refractivity contribution < 1.29 is 9.53 Å². The van der Waals surface area contributed by atoms with Gasteiger partial charge in [0.1, 0.15) is 35.8 Å². The molecule has 3 N–H and O–H groups in total. The molecular weight excluding hydrogens is 452 g/mol. The Labute approximate surface area is 211 Å². The molecular formula is C28H32N6O2. The number of hydrogen-bond donors (Lipinski definition) is 2. The minimum atomic E-state index is -0.0408. The second kappa shape index (κ2) is 11.2. The van der Waals surface area contributed by atoms with Gasteiger partial charge in [0.15, 0.2) is 0 Å². The van der Waals surface area contributed by atoms with Gasteiger partial charge in [0.05, 0.1) is 5.39 Å². The summed E-state index contributed by atoms with van der Waals surface area (Å²) in [7, 11) is 0. The molecule has 0 bridgehead atoms. The van der Waals surface area contributed by atoms with Gasteiger partial charge in [0, 0.05) is 18.3 Å². The minimum absolute atomic E-state index is 0.0408. The number of hydrogen-bond acceptors (Lipinski definition) is 6. The molecule has 8 nitrogen and oxygen atoms in total. The number of aromatic nitrogens is 3. The molecule has 1 saturated heterocycles. The molecule has 36 heavy (non-hydrogen) atoms. The van der Waals surface area contributed by atoms with Crippen molar-refractivity contribution in [1.82, 2.24) is 24.8 Å². The zero-order valence-electron chi connectivity index (χ0n) is 20.4. The monoisotopic (exact) mass is 484 g/mol. The van der Waals surface area contributed by atoms with Crippen LogP contribution < -0.4 is 15.8 Å². The smallest absolute Gasteiger partial charge is 0.239 e. The lowest BCUT2D eigenvalue weighted by atomic mass is 10.1. The molecule has 0 spiro atoms. The molecule has 0 aliphatic carbocycles. The first-order chi connectivity index (χ1) is 17.7. The van der Waals surface area contributed by atoms with E-state index in [9.17, 15) is 4.79 Å². The van der Waals surface area contributed by atoms with Crippen LogP contribution in [0.2, 0.25) is 0 Å². The zero-order valence-corrected chi connectivity index (χ0v) is 20.4. The number of anilines is 1. The van der Waals surface area contributed by atoms with Gasteiger partial charge < -0.3 is 25.3 Å². The van der Waals surface area contributed by atoms with E-state index >= 15 is 0 Å². The maximum Gasteiger partial charge on any atom is 0.239 e. The van der Waals surface area contributed by atoms with Crippen LogP contribution in [0.25, 0.3) is 22.2 Å². The summed E-state index contributed by atoms with van der Waals surface area (Å²) in [5, 5.41) is 3.79. The molecule has 1 aliphatic rings. The third-order valence-electron chi connectivity index (χ3n) is 6.56. The Balaban J connectivity index is 1.27. The van der Waals surface area contributed by atoms with E-state index in [1.165, 1.54) is 38.7 Å². The van der Waals surface area contributed by atoms with Crippen molar-refractivity contribution in [3.63, 3.8) is 0 Å². The van der Waals surface area contributed by atoms with Gasteiger partial charge >= 0.3 is 0 Å². The Bertz CT molecular complexity index is 1300. The maximum atomic E-state index is 12.7. The van der Waals surface area contributed by atoms with E-state index in [0.717, 1.165) is 41.0 Å². The van der Waals surface area contributed by atoms with E-state index in [1.807, 2.05) is 65.4 Å². The molecule has 0 radical (unpaired) electrons. The van der Waals surface area contributed by atoms with Gasteiger partial charge in [-0.15, -0.1) is 0 Å². The second-order valence-electron chi connectivity index (χ2n) is 9.17. The van der Waals surface area contributed by atoms with Crippen molar-refractivity contribution in [1.29, 1.82) is 0 Å². The topological polar surface area (TPSA) is 98.3 Å². The van der Waals surface area contributed by atoms with E-state index in [1.54, 1.807) is 0 Å². The number of piperidine rings is 1. The van der Waals surface area contributed by atoms with Crippen molar-refractivity contribution in [2.24, 2.45) is 0 Å².